The van der Waals surface area contributed by atoms with Gasteiger partial charge >= 0.3 is 0 Å². The molecule has 3 nitrogen and oxygen atoms in total. The zero-order chi connectivity index (χ0) is 14.0. The van der Waals surface area contributed by atoms with E-state index >= 15 is 0 Å². The van der Waals surface area contributed by atoms with Crippen LogP contribution in [0.4, 0.5) is 5.69 Å². The second-order valence-corrected chi connectivity index (χ2v) is 6.57. The molecule has 19 heavy (non-hydrogen) atoms. The average Bonchev–Trinajstić information content (AvgIpc) is 2.77. The van der Waals surface area contributed by atoms with Crippen molar-refractivity contribution in [1.82, 2.24) is 4.98 Å². The predicted octanol–water partition coefficient (Wildman–Crippen LogP) is 3.62. The summed E-state index contributed by atoms with van der Waals surface area (Å²) >= 11 is 1.70. The summed E-state index contributed by atoms with van der Waals surface area (Å²) in [5.41, 5.74) is 9.00. The molecule has 1 aromatic heterocycles. The van der Waals surface area contributed by atoms with Crippen molar-refractivity contribution < 1.29 is 4.74 Å². The van der Waals surface area contributed by atoms with Crippen LogP contribution in [-0.4, -0.2) is 12.1 Å². The fourth-order valence-electron chi connectivity index (χ4n) is 1.80. The summed E-state index contributed by atoms with van der Waals surface area (Å²) in [6, 6.07) is 5.90. The number of benzene rings is 1. The van der Waals surface area contributed by atoms with Gasteiger partial charge in [0, 0.05) is 17.2 Å². The number of ether oxygens (including phenoxy) is 1. The number of anilines is 1. The minimum absolute atomic E-state index is 0.105. The number of hydrogen-bond acceptors (Lipinski definition) is 4. The van der Waals surface area contributed by atoms with Crippen LogP contribution >= 0.6 is 11.3 Å². The highest BCUT2D eigenvalue weighted by Crippen LogP contribution is 2.27. The van der Waals surface area contributed by atoms with E-state index in [9.17, 15) is 0 Å². The van der Waals surface area contributed by atoms with Crippen LogP contribution in [0.25, 0.3) is 0 Å². The maximum absolute atomic E-state index is 5.92. The Balaban J connectivity index is 2.17. The largest absolute Gasteiger partial charge is 0.495 e. The number of thiazole rings is 1. The van der Waals surface area contributed by atoms with Gasteiger partial charge in [0.2, 0.25) is 0 Å². The fraction of sp³-hybridized carbons (Fsp3) is 0.400. The van der Waals surface area contributed by atoms with Crippen LogP contribution in [0.5, 0.6) is 5.75 Å². The quantitative estimate of drug-likeness (QED) is 0.871. The van der Waals surface area contributed by atoms with Gasteiger partial charge in [0.1, 0.15) is 5.75 Å². The smallest absolute Gasteiger partial charge is 0.141 e. The van der Waals surface area contributed by atoms with Crippen molar-refractivity contribution in [1.29, 1.82) is 0 Å². The van der Waals surface area contributed by atoms with Crippen LogP contribution in [0.3, 0.4) is 0 Å². The molecule has 1 heterocycles. The lowest BCUT2D eigenvalue weighted by atomic mass is 9.93. The first-order valence-corrected chi connectivity index (χ1v) is 7.15. The molecule has 0 aliphatic rings. The van der Waals surface area contributed by atoms with Gasteiger partial charge in [0.05, 0.1) is 23.5 Å². The van der Waals surface area contributed by atoms with E-state index in [1.165, 1.54) is 0 Å². The van der Waals surface area contributed by atoms with Crippen molar-refractivity contribution in [3.8, 4) is 5.75 Å². The van der Waals surface area contributed by atoms with Crippen LogP contribution in [0.15, 0.2) is 23.6 Å². The zero-order valence-electron chi connectivity index (χ0n) is 11.9. The molecule has 0 bridgehead atoms. The molecule has 0 unspecified atom stereocenters. The Kier molecular flexibility index (Phi) is 3.80. The normalized spacial score (nSPS) is 11.6. The molecule has 102 valence electrons. The number of nitrogen functional groups attached to an aromatic ring is 1. The van der Waals surface area contributed by atoms with Gasteiger partial charge in [-0.25, -0.2) is 4.98 Å². The molecule has 0 saturated carbocycles. The van der Waals surface area contributed by atoms with Gasteiger partial charge in [-0.15, -0.1) is 11.3 Å². The van der Waals surface area contributed by atoms with E-state index in [-0.39, 0.29) is 5.41 Å². The van der Waals surface area contributed by atoms with Crippen molar-refractivity contribution >= 4 is 17.0 Å². The summed E-state index contributed by atoms with van der Waals surface area (Å²) in [4.78, 5) is 4.70. The molecule has 4 heteroatoms. The number of hydrogen-bond donors (Lipinski definition) is 1. The summed E-state index contributed by atoms with van der Waals surface area (Å²) in [6.45, 7) is 6.53. The molecule has 0 atom stereocenters. The Labute approximate surface area is 118 Å². The SMILES string of the molecule is COc1ccc(Cc2nc(C(C)(C)C)cs2)cc1N. The van der Waals surface area contributed by atoms with E-state index in [0.717, 1.165) is 28.4 Å². The zero-order valence-corrected chi connectivity index (χ0v) is 12.7. The Morgan fingerprint density at radius 1 is 1.32 bits per heavy atom. The number of aromatic nitrogens is 1. The number of rotatable bonds is 3. The first-order chi connectivity index (χ1) is 8.90. The molecule has 0 aliphatic heterocycles. The van der Waals surface area contributed by atoms with Crippen LogP contribution in [0, 0.1) is 0 Å². The Morgan fingerprint density at radius 3 is 2.58 bits per heavy atom. The lowest BCUT2D eigenvalue weighted by Crippen LogP contribution is -2.11. The van der Waals surface area contributed by atoms with Gasteiger partial charge in [-0.3, -0.25) is 0 Å². The van der Waals surface area contributed by atoms with Crippen LogP contribution in [-0.2, 0) is 11.8 Å². The number of nitrogens with two attached hydrogens (primary N) is 1. The van der Waals surface area contributed by atoms with Crippen molar-refractivity contribution in [3.63, 3.8) is 0 Å². The Hall–Kier alpha value is -1.55. The predicted molar refractivity (Wildman–Crippen MR) is 81.0 cm³/mol. The molecule has 0 amide bonds. The van der Waals surface area contributed by atoms with Crippen molar-refractivity contribution in [3.05, 3.63) is 39.8 Å². The molecule has 0 spiro atoms. The summed E-state index contributed by atoms with van der Waals surface area (Å²) in [5, 5.41) is 3.26. The summed E-state index contributed by atoms with van der Waals surface area (Å²) in [6.07, 6.45) is 0.814. The first-order valence-electron chi connectivity index (χ1n) is 6.27. The van der Waals surface area contributed by atoms with E-state index in [4.69, 9.17) is 15.5 Å². The lowest BCUT2D eigenvalue weighted by Gasteiger charge is -2.14. The van der Waals surface area contributed by atoms with Gasteiger partial charge in [0.15, 0.2) is 0 Å². The maximum Gasteiger partial charge on any atom is 0.141 e. The monoisotopic (exact) mass is 276 g/mol. The Bertz CT molecular complexity index is 570. The molecular formula is C15H20N2OS. The Morgan fingerprint density at radius 2 is 2.05 bits per heavy atom. The van der Waals surface area contributed by atoms with E-state index in [0.29, 0.717) is 5.69 Å². The number of methoxy groups -OCH3 is 1. The first kappa shape index (κ1) is 13.9. The highest BCUT2D eigenvalue weighted by Gasteiger charge is 2.17. The number of nitrogens with zero attached hydrogens (tertiary/aromatic N) is 1. The highest BCUT2D eigenvalue weighted by molar-refractivity contribution is 7.09. The molecule has 2 N–H and O–H groups in total. The molecular weight excluding hydrogens is 256 g/mol. The third kappa shape index (κ3) is 3.26. The van der Waals surface area contributed by atoms with Crippen molar-refractivity contribution in [2.45, 2.75) is 32.6 Å². The van der Waals surface area contributed by atoms with E-state index in [2.05, 4.69) is 26.2 Å². The van der Waals surface area contributed by atoms with Gasteiger partial charge in [-0.2, -0.15) is 0 Å². The standard InChI is InChI=1S/C15H20N2OS/c1-15(2,3)13-9-19-14(17-13)8-10-5-6-12(18-4)11(16)7-10/h5-7,9H,8,16H2,1-4H3. The van der Waals surface area contributed by atoms with Gasteiger partial charge in [-0.1, -0.05) is 26.8 Å². The molecule has 0 radical (unpaired) electrons. The van der Waals surface area contributed by atoms with Crippen molar-refractivity contribution in [2.24, 2.45) is 0 Å². The summed E-state index contributed by atoms with van der Waals surface area (Å²) in [5.74, 6) is 0.721. The molecule has 2 aromatic rings. The molecule has 0 aliphatic carbocycles. The minimum atomic E-state index is 0.105. The van der Waals surface area contributed by atoms with Crippen molar-refractivity contribution in [2.75, 3.05) is 12.8 Å². The van der Waals surface area contributed by atoms with Gasteiger partial charge < -0.3 is 10.5 Å². The molecule has 0 saturated heterocycles. The average molecular weight is 276 g/mol. The van der Waals surface area contributed by atoms with Gasteiger partial charge in [-0.05, 0) is 17.7 Å². The molecule has 0 fully saturated rings. The van der Waals surface area contributed by atoms with Crippen LogP contribution in [0.1, 0.15) is 37.0 Å². The van der Waals surface area contributed by atoms with Crippen LogP contribution < -0.4 is 10.5 Å². The third-order valence-corrected chi connectivity index (χ3v) is 3.82. The minimum Gasteiger partial charge on any atom is -0.495 e. The summed E-state index contributed by atoms with van der Waals surface area (Å²) in [7, 11) is 1.63. The molecule has 2 rings (SSSR count). The third-order valence-electron chi connectivity index (χ3n) is 2.97. The van der Waals surface area contributed by atoms with Crippen LogP contribution in [0.2, 0.25) is 0 Å². The summed E-state index contributed by atoms with van der Waals surface area (Å²) < 4.78 is 5.16. The van der Waals surface area contributed by atoms with E-state index < -0.39 is 0 Å². The second kappa shape index (κ2) is 5.21. The molecule has 1 aromatic carbocycles. The van der Waals surface area contributed by atoms with E-state index in [1.54, 1.807) is 18.4 Å². The lowest BCUT2D eigenvalue weighted by molar-refractivity contribution is 0.417. The highest BCUT2D eigenvalue weighted by atomic mass is 32.1. The second-order valence-electron chi connectivity index (χ2n) is 5.63. The topological polar surface area (TPSA) is 48.1 Å². The van der Waals surface area contributed by atoms with Gasteiger partial charge in [0.25, 0.3) is 0 Å². The fourth-order valence-corrected chi connectivity index (χ4v) is 2.86. The maximum atomic E-state index is 5.92. The van der Waals surface area contributed by atoms with E-state index in [1.807, 2.05) is 18.2 Å².